The van der Waals surface area contributed by atoms with Gasteiger partial charge in [0.25, 0.3) is 0 Å². The number of hydrogen-bond acceptors (Lipinski definition) is 5. The fraction of sp³-hybridized carbons (Fsp3) is 0.250. The van der Waals surface area contributed by atoms with Crippen molar-refractivity contribution in [1.82, 2.24) is 14.6 Å². The molecule has 0 bridgehead atoms. The standard InChI is InChI=1S/C28H29Cl2N3O5S/c1-33(13-12-18-8-11-25(37-2)26(14-18)38-3)28(34)24(15-19-17-31-23-7-5-4-6-21(19)23)32-39(35,36)27-16-20(29)9-10-22(27)30/h4-11,14,16-17,24,31-32H,12-13,15H2,1-3H3. The zero-order valence-corrected chi connectivity index (χ0v) is 24.0. The minimum absolute atomic E-state index is 0.00648. The second kappa shape index (κ2) is 12.3. The highest BCUT2D eigenvalue weighted by Gasteiger charge is 2.30. The average molecular weight is 591 g/mol. The number of hydrogen-bond donors (Lipinski definition) is 2. The number of halogens is 2. The normalized spacial score (nSPS) is 12.3. The van der Waals surface area contributed by atoms with Crippen LogP contribution >= 0.6 is 23.2 Å². The number of benzene rings is 3. The Balaban J connectivity index is 1.59. The number of nitrogens with one attached hydrogen (secondary N) is 2. The van der Waals surface area contributed by atoms with Crippen LogP contribution in [0.4, 0.5) is 0 Å². The number of aromatic nitrogens is 1. The molecule has 1 atom stereocenters. The molecule has 8 nitrogen and oxygen atoms in total. The van der Waals surface area contributed by atoms with Crippen molar-refractivity contribution in [1.29, 1.82) is 0 Å². The lowest BCUT2D eigenvalue weighted by Crippen LogP contribution is -2.49. The number of fused-ring (bicyclic) bond motifs is 1. The maximum absolute atomic E-state index is 13.7. The number of sulfonamides is 1. The van der Waals surface area contributed by atoms with E-state index in [1.165, 1.54) is 23.1 Å². The van der Waals surface area contributed by atoms with Gasteiger partial charge in [-0.3, -0.25) is 4.79 Å². The molecule has 0 aliphatic carbocycles. The monoisotopic (exact) mass is 589 g/mol. The number of amides is 1. The predicted molar refractivity (Wildman–Crippen MR) is 153 cm³/mol. The van der Waals surface area contributed by atoms with E-state index in [0.717, 1.165) is 22.0 Å². The molecule has 0 aliphatic heterocycles. The molecular formula is C28H29Cl2N3O5S. The van der Waals surface area contributed by atoms with Gasteiger partial charge in [-0.15, -0.1) is 0 Å². The summed E-state index contributed by atoms with van der Waals surface area (Å²) in [6, 6.07) is 16.3. The molecule has 0 aliphatic rings. The first-order valence-corrected chi connectivity index (χ1v) is 14.3. The van der Waals surface area contributed by atoms with Gasteiger partial charge in [0, 0.05) is 35.7 Å². The van der Waals surface area contributed by atoms with Crippen LogP contribution in [0.2, 0.25) is 10.0 Å². The van der Waals surface area contributed by atoms with Gasteiger partial charge in [-0.2, -0.15) is 4.72 Å². The van der Waals surface area contributed by atoms with Crippen molar-refractivity contribution in [2.75, 3.05) is 27.8 Å². The molecule has 1 aromatic heterocycles. The van der Waals surface area contributed by atoms with Crippen LogP contribution in [-0.2, 0) is 27.7 Å². The highest BCUT2D eigenvalue weighted by Crippen LogP contribution is 2.28. The van der Waals surface area contributed by atoms with E-state index < -0.39 is 16.1 Å². The number of rotatable bonds is 11. The molecule has 3 aromatic carbocycles. The Hall–Kier alpha value is -3.24. The molecule has 0 saturated heterocycles. The van der Waals surface area contributed by atoms with Crippen molar-refractivity contribution >= 4 is 50.0 Å². The summed E-state index contributed by atoms with van der Waals surface area (Å²) >= 11 is 12.2. The number of methoxy groups -OCH3 is 2. The molecular weight excluding hydrogens is 561 g/mol. The van der Waals surface area contributed by atoms with Crippen LogP contribution < -0.4 is 14.2 Å². The molecule has 0 fully saturated rings. The van der Waals surface area contributed by atoms with Crippen molar-refractivity contribution in [3.8, 4) is 11.5 Å². The Morgan fingerprint density at radius 1 is 1.03 bits per heavy atom. The maximum Gasteiger partial charge on any atom is 0.242 e. The van der Waals surface area contributed by atoms with E-state index in [2.05, 4.69) is 9.71 Å². The molecule has 1 unspecified atom stereocenters. The van der Waals surface area contributed by atoms with Crippen LogP contribution in [0.3, 0.4) is 0 Å². The van der Waals surface area contributed by atoms with E-state index in [0.29, 0.717) is 24.5 Å². The Morgan fingerprint density at radius 2 is 1.77 bits per heavy atom. The van der Waals surface area contributed by atoms with Crippen molar-refractivity contribution in [3.63, 3.8) is 0 Å². The van der Waals surface area contributed by atoms with E-state index >= 15 is 0 Å². The summed E-state index contributed by atoms with van der Waals surface area (Å²) in [6.45, 7) is 0.346. The Labute approximate surface area is 237 Å². The van der Waals surface area contributed by atoms with E-state index in [-0.39, 0.29) is 27.3 Å². The Kier molecular flexibility index (Phi) is 9.07. The second-order valence-corrected chi connectivity index (χ2v) is 11.5. The van der Waals surface area contributed by atoms with Gasteiger partial charge in [0.2, 0.25) is 15.9 Å². The molecule has 1 heterocycles. The Bertz CT molecular complexity index is 1590. The number of ether oxygens (including phenoxy) is 2. The van der Waals surface area contributed by atoms with E-state index in [4.69, 9.17) is 32.7 Å². The molecule has 0 saturated carbocycles. The number of nitrogens with zero attached hydrogens (tertiary/aromatic N) is 1. The molecule has 0 spiro atoms. The number of aromatic amines is 1. The third-order valence-corrected chi connectivity index (χ3v) is 8.63. The zero-order valence-electron chi connectivity index (χ0n) is 21.7. The number of carbonyl (C=O) groups excluding carboxylic acids is 1. The molecule has 39 heavy (non-hydrogen) atoms. The largest absolute Gasteiger partial charge is 0.493 e. The van der Waals surface area contributed by atoms with Crippen molar-refractivity contribution < 1.29 is 22.7 Å². The first-order chi connectivity index (χ1) is 18.6. The summed E-state index contributed by atoms with van der Waals surface area (Å²) in [5, 5.41) is 1.13. The van der Waals surface area contributed by atoms with Crippen molar-refractivity contribution in [3.05, 3.63) is 88.0 Å². The molecule has 1 amide bonds. The third kappa shape index (κ3) is 6.67. The van der Waals surface area contributed by atoms with E-state index in [1.807, 2.05) is 36.4 Å². The van der Waals surface area contributed by atoms with Gasteiger partial charge in [-0.05, 0) is 60.4 Å². The first-order valence-electron chi connectivity index (χ1n) is 12.1. The van der Waals surface area contributed by atoms with Crippen LogP contribution in [0.1, 0.15) is 11.1 Å². The number of likely N-dealkylation sites (N-methyl/N-ethyl adjacent to an activating group) is 1. The van der Waals surface area contributed by atoms with Gasteiger partial charge in [-0.25, -0.2) is 8.42 Å². The summed E-state index contributed by atoms with van der Waals surface area (Å²) in [7, 11) is 0.584. The second-order valence-electron chi connectivity index (χ2n) is 9.01. The van der Waals surface area contributed by atoms with Crippen LogP contribution in [-0.4, -0.2) is 58.1 Å². The van der Waals surface area contributed by atoms with Crippen LogP contribution in [0, 0.1) is 0 Å². The van der Waals surface area contributed by atoms with E-state index in [9.17, 15) is 13.2 Å². The lowest BCUT2D eigenvalue weighted by molar-refractivity contribution is -0.131. The van der Waals surface area contributed by atoms with Gasteiger partial charge in [0.15, 0.2) is 11.5 Å². The topological polar surface area (TPSA) is 101 Å². The number of H-pyrrole nitrogens is 1. The maximum atomic E-state index is 13.7. The van der Waals surface area contributed by atoms with E-state index in [1.54, 1.807) is 33.5 Å². The lowest BCUT2D eigenvalue weighted by Gasteiger charge is -2.25. The highest BCUT2D eigenvalue weighted by molar-refractivity contribution is 7.89. The molecule has 11 heteroatoms. The molecule has 4 aromatic rings. The van der Waals surface area contributed by atoms with Gasteiger partial charge in [0.1, 0.15) is 10.9 Å². The minimum atomic E-state index is -4.19. The quantitative estimate of drug-likeness (QED) is 0.254. The fourth-order valence-corrected chi connectivity index (χ4v) is 6.29. The van der Waals surface area contributed by atoms with Crippen molar-refractivity contribution in [2.24, 2.45) is 0 Å². The summed E-state index contributed by atoms with van der Waals surface area (Å²) in [5.41, 5.74) is 2.63. The van der Waals surface area contributed by atoms with Gasteiger partial charge in [-0.1, -0.05) is 47.5 Å². The molecule has 206 valence electrons. The smallest absolute Gasteiger partial charge is 0.242 e. The third-order valence-electron chi connectivity index (χ3n) is 6.44. The Morgan fingerprint density at radius 3 is 2.51 bits per heavy atom. The number of carbonyl (C=O) groups is 1. The first kappa shape index (κ1) is 28.8. The van der Waals surface area contributed by atoms with Gasteiger partial charge < -0.3 is 19.4 Å². The zero-order chi connectivity index (χ0) is 28.2. The molecule has 0 radical (unpaired) electrons. The molecule has 2 N–H and O–H groups in total. The molecule has 4 rings (SSSR count). The fourth-order valence-electron chi connectivity index (χ4n) is 4.34. The summed E-state index contributed by atoms with van der Waals surface area (Å²) in [4.78, 5) is 18.2. The lowest BCUT2D eigenvalue weighted by atomic mass is 10.0. The van der Waals surface area contributed by atoms with Gasteiger partial charge >= 0.3 is 0 Å². The minimum Gasteiger partial charge on any atom is -0.493 e. The number of para-hydroxylation sites is 1. The summed E-state index contributed by atoms with van der Waals surface area (Å²) in [6.07, 6.45) is 2.44. The van der Waals surface area contributed by atoms with Gasteiger partial charge in [0.05, 0.1) is 19.2 Å². The van der Waals surface area contributed by atoms with Crippen LogP contribution in [0.5, 0.6) is 11.5 Å². The summed E-state index contributed by atoms with van der Waals surface area (Å²) < 4.78 is 40.0. The average Bonchev–Trinajstić information content (AvgIpc) is 3.34. The van der Waals surface area contributed by atoms with Crippen molar-refractivity contribution in [2.45, 2.75) is 23.8 Å². The highest BCUT2D eigenvalue weighted by atomic mass is 35.5. The van der Waals surface area contributed by atoms with Crippen LogP contribution in [0.25, 0.3) is 10.9 Å². The summed E-state index contributed by atoms with van der Waals surface area (Å²) in [5.74, 6) is 0.813. The SMILES string of the molecule is COc1ccc(CCN(C)C(=O)C(Cc2c[nH]c3ccccc23)NS(=O)(=O)c2cc(Cl)ccc2Cl)cc1OC. The predicted octanol–water partition coefficient (Wildman–Crippen LogP) is 5.08. The van der Waals surface area contributed by atoms with Crippen LogP contribution in [0.15, 0.2) is 71.8 Å².